The van der Waals surface area contributed by atoms with E-state index in [1.54, 1.807) is 20.1 Å². The number of hydrogen-bond acceptors (Lipinski definition) is 7. The number of benzene rings is 1. The van der Waals surface area contributed by atoms with Crippen molar-refractivity contribution in [2.24, 2.45) is 0 Å². The van der Waals surface area contributed by atoms with Gasteiger partial charge in [0.05, 0.1) is 27.2 Å². The minimum absolute atomic E-state index is 0.213. The van der Waals surface area contributed by atoms with Gasteiger partial charge in [-0.25, -0.2) is 0 Å². The van der Waals surface area contributed by atoms with Gasteiger partial charge in [-0.2, -0.15) is 0 Å². The van der Waals surface area contributed by atoms with Gasteiger partial charge >= 0.3 is 11.9 Å². The number of rotatable bonds is 5. The molecule has 0 amide bonds. The number of likely N-dealkylation sites (tertiary alicyclic amines) is 1. The first-order chi connectivity index (χ1) is 12.8. The van der Waals surface area contributed by atoms with Crippen LogP contribution in [0.1, 0.15) is 30.9 Å². The number of esters is 2. The molecular formula is C20H27NO6. The van der Waals surface area contributed by atoms with Crippen LogP contribution in [0.2, 0.25) is 0 Å². The number of carbonyl (C=O) groups excluding carboxylic acids is 2. The van der Waals surface area contributed by atoms with Gasteiger partial charge in [0.15, 0.2) is 0 Å². The lowest BCUT2D eigenvalue weighted by atomic mass is 9.53. The quantitative estimate of drug-likeness (QED) is 0.768. The summed E-state index contributed by atoms with van der Waals surface area (Å²) in [4.78, 5) is 27.5. The molecule has 1 fully saturated rings. The molecule has 1 saturated heterocycles. The van der Waals surface area contributed by atoms with Gasteiger partial charge in [-0.3, -0.25) is 9.59 Å². The maximum Gasteiger partial charge on any atom is 0.319 e. The van der Waals surface area contributed by atoms with Crippen molar-refractivity contribution in [2.45, 2.75) is 43.2 Å². The monoisotopic (exact) mass is 377 g/mol. The first-order valence-electron chi connectivity index (χ1n) is 9.18. The largest absolute Gasteiger partial charge is 0.497 e. The number of nitrogens with zero attached hydrogens (tertiary/aromatic N) is 1. The molecular weight excluding hydrogens is 350 g/mol. The standard InChI is InChI=1S/C20H27NO6/c1-5-27-17(22)12-20(24)16-10-13-6-7-14(25-3)11-15(13)19(20,18(23)26-4)8-9-21(16)2/h6-7,11,16,24H,5,8-10,12H2,1-4H3. The summed E-state index contributed by atoms with van der Waals surface area (Å²) in [5.74, 6) is -0.477. The third kappa shape index (κ3) is 2.80. The number of likely N-dealkylation sites (N-methyl/N-ethyl adjacent to an activating group) is 1. The van der Waals surface area contributed by atoms with E-state index in [1.165, 1.54) is 7.11 Å². The Bertz CT molecular complexity index is 750. The van der Waals surface area contributed by atoms with Crippen LogP contribution in [-0.4, -0.2) is 68.0 Å². The van der Waals surface area contributed by atoms with Gasteiger partial charge in [0.1, 0.15) is 16.8 Å². The molecule has 1 aromatic carbocycles. The van der Waals surface area contributed by atoms with Crippen LogP contribution in [-0.2, 0) is 30.9 Å². The van der Waals surface area contributed by atoms with Gasteiger partial charge in [0, 0.05) is 6.04 Å². The molecule has 7 heteroatoms. The molecule has 3 unspecified atom stereocenters. The molecule has 3 rings (SSSR count). The van der Waals surface area contributed by atoms with Crippen molar-refractivity contribution in [3.8, 4) is 5.75 Å². The third-order valence-corrected chi connectivity index (χ3v) is 6.10. The number of aliphatic hydroxyl groups is 1. The molecule has 0 saturated carbocycles. The SMILES string of the molecule is CCOC(=O)CC1(O)C2Cc3ccc(OC)cc3C1(C(=O)OC)CCN2C. The number of piperidine rings is 1. The lowest BCUT2D eigenvalue weighted by Gasteiger charge is -2.59. The minimum Gasteiger partial charge on any atom is -0.497 e. The summed E-state index contributed by atoms with van der Waals surface area (Å²) < 4.78 is 15.6. The van der Waals surface area contributed by atoms with Crippen molar-refractivity contribution in [3.63, 3.8) is 0 Å². The number of hydrogen-bond donors (Lipinski definition) is 1. The summed E-state index contributed by atoms with van der Waals surface area (Å²) in [6.45, 7) is 2.53. The molecule has 7 nitrogen and oxygen atoms in total. The first-order valence-corrected chi connectivity index (χ1v) is 9.18. The second kappa shape index (κ2) is 7.13. The second-order valence-electron chi connectivity index (χ2n) is 7.28. The third-order valence-electron chi connectivity index (χ3n) is 6.10. The lowest BCUT2D eigenvalue weighted by molar-refractivity contribution is -0.190. The molecule has 1 aliphatic carbocycles. The maximum atomic E-state index is 13.1. The summed E-state index contributed by atoms with van der Waals surface area (Å²) in [6.07, 6.45) is 0.578. The Hall–Kier alpha value is -2.12. The van der Waals surface area contributed by atoms with Crippen molar-refractivity contribution in [1.29, 1.82) is 0 Å². The fourth-order valence-electron chi connectivity index (χ4n) is 4.79. The molecule has 148 valence electrons. The lowest BCUT2D eigenvalue weighted by Crippen LogP contribution is -2.74. The zero-order chi connectivity index (χ0) is 19.8. The van der Waals surface area contributed by atoms with E-state index in [2.05, 4.69) is 0 Å². The summed E-state index contributed by atoms with van der Waals surface area (Å²) >= 11 is 0. The normalized spacial score (nSPS) is 29.6. The predicted molar refractivity (Wildman–Crippen MR) is 97.6 cm³/mol. The van der Waals surface area contributed by atoms with Crippen LogP contribution in [0.15, 0.2) is 18.2 Å². The molecule has 1 N–H and O–H groups in total. The second-order valence-corrected chi connectivity index (χ2v) is 7.28. The Morgan fingerprint density at radius 2 is 2.07 bits per heavy atom. The molecule has 0 spiro atoms. The molecule has 1 heterocycles. The summed E-state index contributed by atoms with van der Waals surface area (Å²) in [5.41, 5.74) is -1.37. The number of fused-ring (bicyclic) bond motifs is 4. The van der Waals surface area contributed by atoms with Gasteiger partial charge in [-0.1, -0.05) is 6.07 Å². The average molecular weight is 377 g/mol. The zero-order valence-electron chi connectivity index (χ0n) is 16.3. The minimum atomic E-state index is -1.64. The Labute approximate surface area is 159 Å². The van der Waals surface area contributed by atoms with Crippen molar-refractivity contribution in [2.75, 3.05) is 34.4 Å². The average Bonchev–Trinajstić information content (AvgIpc) is 2.64. The van der Waals surface area contributed by atoms with Crippen molar-refractivity contribution in [1.82, 2.24) is 4.90 Å². The molecule has 2 bridgehead atoms. The van der Waals surface area contributed by atoms with E-state index in [-0.39, 0.29) is 13.0 Å². The maximum absolute atomic E-state index is 13.1. The highest BCUT2D eigenvalue weighted by molar-refractivity contribution is 5.88. The fourth-order valence-corrected chi connectivity index (χ4v) is 4.79. The molecule has 3 atom stereocenters. The van der Waals surface area contributed by atoms with E-state index >= 15 is 0 Å². The Morgan fingerprint density at radius 3 is 2.70 bits per heavy atom. The summed E-state index contributed by atoms with van der Waals surface area (Å²) in [6, 6.07) is 5.14. The van der Waals surface area contributed by atoms with E-state index in [1.807, 2.05) is 24.1 Å². The van der Waals surface area contributed by atoms with Crippen LogP contribution in [0.4, 0.5) is 0 Å². The summed E-state index contributed by atoms with van der Waals surface area (Å²) in [7, 11) is 4.76. The van der Waals surface area contributed by atoms with Gasteiger partial charge in [0.25, 0.3) is 0 Å². The van der Waals surface area contributed by atoms with Crippen LogP contribution in [0.3, 0.4) is 0 Å². The van der Waals surface area contributed by atoms with Crippen LogP contribution >= 0.6 is 0 Å². The number of ether oxygens (including phenoxy) is 3. The highest BCUT2D eigenvalue weighted by Crippen LogP contribution is 2.54. The topological polar surface area (TPSA) is 85.3 Å². The Balaban J connectivity index is 2.24. The van der Waals surface area contributed by atoms with E-state index in [9.17, 15) is 14.7 Å². The molecule has 0 aromatic heterocycles. The van der Waals surface area contributed by atoms with Crippen LogP contribution < -0.4 is 4.74 Å². The van der Waals surface area contributed by atoms with Gasteiger partial charge in [-0.15, -0.1) is 0 Å². The van der Waals surface area contributed by atoms with E-state index in [4.69, 9.17) is 14.2 Å². The first kappa shape index (κ1) is 19.6. The van der Waals surface area contributed by atoms with Gasteiger partial charge < -0.3 is 24.2 Å². The highest BCUT2D eigenvalue weighted by atomic mass is 16.5. The number of carbonyl (C=O) groups is 2. The number of methoxy groups -OCH3 is 2. The van der Waals surface area contributed by atoms with E-state index in [0.29, 0.717) is 30.7 Å². The summed E-state index contributed by atoms with van der Waals surface area (Å²) in [5, 5.41) is 11.9. The highest BCUT2D eigenvalue weighted by Gasteiger charge is 2.67. The van der Waals surface area contributed by atoms with Crippen molar-refractivity contribution < 1.29 is 28.9 Å². The Morgan fingerprint density at radius 1 is 1.33 bits per heavy atom. The van der Waals surface area contributed by atoms with E-state index in [0.717, 1.165) is 5.56 Å². The van der Waals surface area contributed by atoms with Gasteiger partial charge in [0.2, 0.25) is 0 Å². The fraction of sp³-hybridized carbons (Fsp3) is 0.600. The molecule has 1 aromatic rings. The van der Waals surface area contributed by atoms with Crippen LogP contribution in [0.25, 0.3) is 0 Å². The van der Waals surface area contributed by atoms with E-state index < -0.39 is 29.0 Å². The predicted octanol–water partition coefficient (Wildman–Crippen LogP) is 1.05. The smallest absolute Gasteiger partial charge is 0.319 e. The van der Waals surface area contributed by atoms with Crippen molar-refractivity contribution >= 4 is 11.9 Å². The Kier molecular flexibility index (Phi) is 5.18. The van der Waals surface area contributed by atoms with Gasteiger partial charge in [-0.05, 0) is 56.6 Å². The van der Waals surface area contributed by atoms with Crippen LogP contribution in [0.5, 0.6) is 5.75 Å². The molecule has 2 aliphatic rings. The molecule has 1 aliphatic heterocycles. The molecule has 27 heavy (non-hydrogen) atoms. The van der Waals surface area contributed by atoms with Crippen molar-refractivity contribution in [3.05, 3.63) is 29.3 Å². The van der Waals surface area contributed by atoms with Crippen LogP contribution in [0, 0.1) is 0 Å². The molecule has 0 radical (unpaired) electrons. The zero-order valence-corrected chi connectivity index (χ0v) is 16.3.